The van der Waals surface area contributed by atoms with Gasteiger partial charge in [-0.15, -0.1) is 0 Å². The van der Waals surface area contributed by atoms with E-state index >= 15 is 0 Å². The number of nitrogens with zero attached hydrogens (tertiary/aromatic N) is 1. The summed E-state index contributed by atoms with van der Waals surface area (Å²) in [6.45, 7) is 0. The largest absolute Gasteiger partial charge is 0.310 e. The first kappa shape index (κ1) is 34.5. The van der Waals surface area contributed by atoms with Gasteiger partial charge >= 0.3 is 0 Å². The number of anilines is 3. The summed E-state index contributed by atoms with van der Waals surface area (Å²) in [5, 5.41) is 9.89. The summed E-state index contributed by atoms with van der Waals surface area (Å²) in [7, 11) is 0. The molecule has 0 amide bonds. The van der Waals surface area contributed by atoms with Crippen LogP contribution in [0.25, 0.3) is 87.6 Å². The average Bonchev–Trinajstić information content (AvgIpc) is 3.31. The van der Waals surface area contributed by atoms with Gasteiger partial charge in [0.2, 0.25) is 0 Å². The van der Waals surface area contributed by atoms with E-state index in [1.165, 1.54) is 87.6 Å². The zero-order valence-corrected chi connectivity index (χ0v) is 32.5. The van der Waals surface area contributed by atoms with Gasteiger partial charge in [-0.2, -0.15) is 0 Å². The molecule has 0 spiro atoms. The summed E-state index contributed by atoms with van der Waals surface area (Å²) in [6, 6.07) is 86.5. The molecule has 0 aliphatic carbocycles. The number of benzene rings is 11. The maximum Gasteiger partial charge on any atom is 0.0546 e. The first-order valence-electron chi connectivity index (χ1n) is 20.3. The van der Waals surface area contributed by atoms with Crippen molar-refractivity contribution in [2.24, 2.45) is 0 Å². The standard InChI is InChI=1S/C58H39N/c1-2-17-45-37-47(30-29-40(45)13-1)46-21-9-22-50(38-46)59(49-34-31-44(32-35-49)53-26-10-18-41-14-3-6-23-51(41)53)58-39-48(55-27-11-19-42-15-4-7-24-52(42)55)33-36-57(58)56-28-12-20-43-16-5-8-25-54(43)56/h1-39H. The Labute approximate surface area is 344 Å². The van der Waals surface area contributed by atoms with Crippen LogP contribution >= 0.6 is 0 Å². The lowest BCUT2D eigenvalue weighted by Crippen LogP contribution is -2.12. The maximum atomic E-state index is 2.46. The number of fused-ring (bicyclic) bond motifs is 4. The van der Waals surface area contributed by atoms with Gasteiger partial charge in [0.1, 0.15) is 0 Å². The normalized spacial score (nSPS) is 11.4. The van der Waals surface area contributed by atoms with Gasteiger partial charge in [0, 0.05) is 16.9 Å². The summed E-state index contributed by atoms with van der Waals surface area (Å²) in [5.41, 5.74) is 12.8. The van der Waals surface area contributed by atoms with Crippen LogP contribution in [0.15, 0.2) is 237 Å². The van der Waals surface area contributed by atoms with Gasteiger partial charge < -0.3 is 4.90 Å². The molecule has 1 heteroatoms. The van der Waals surface area contributed by atoms with Crippen LogP contribution in [0.4, 0.5) is 17.1 Å². The lowest BCUT2D eigenvalue weighted by atomic mass is 9.92. The zero-order chi connectivity index (χ0) is 39.1. The minimum absolute atomic E-state index is 1.08. The molecule has 0 aromatic heterocycles. The van der Waals surface area contributed by atoms with Crippen molar-refractivity contribution in [3.63, 3.8) is 0 Å². The monoisotopic (exact) mass is 749 g/mol. The summed E-state index contributed by atoms with van der Waals surface area (Å²) in [4.78, 5) is 2.46. The predicted octanol–water partition coefficient (Wildman–Crippen LogP) is 16.4. The van der Waals surface area contributed by atoms with Gasteiger partial charge in [0.25, 0.3) is 0 Å². The van der Waals surface area contributed by atoms with E-state index in [4.69, 9.17) is 0 Å². The summed E-state index contributed by atoms with van der Waals surface area (Å²) < 4.78 is 0. The van der Waals surface area contributed by atoms with Crippen molar-refractivity contribution in [2.45, 2.75) is 0 Å². The van der Waals surface area contributed by atoms with Crippen LogP contribution in [-0.2, 0) is 0 Å². The van der Waals surface area contributed by atoms with Crippen LogP contribution in [0.5, 0.6) is 0 Å². The molecule has 11 rings (SSSR count). The minimum atomic E-state index is 1.08. The minimum Gasteiger partial charge on any atom is -0.310 e. The molecule has 0 radical (unpaired) electrons. The Morgan fingerprint density at radius 2 is 0.695 bits per heavy atom. The lowest BCUT2D eigenvalue weighted by molar-refractivity contribution is 1.28. The molecule has 0 unspecified atom stereocenters. The van der Waals surface area contributed by atoms with Crippen LogP contribution in [0.3, 0.4) is 0 Å². The Bertz CT molecular complexity index is 3320. The van der Waals surface area contributed by atoms with E-state index in [1.807, 2.05) is 0 Å². The van der Waals surface area contributed by atoms with E-state index < -0.39 is 0 Å². The van der Waals surface area contributed by atoms with Gasteiger partial charge in [-0.05, 0) is 118 Å². The Balaban J connectivity index is 1.16. The molecule has 0 N–H and O–H groups in total. The average molecular weight is 750 g/mol. The predicted molar refractivity (Wildman–Crippen MR) is 253 cm³/mol. The Morgan fingerprint density at radius 3 is 1.36 bits per heavy atom. The fraction of sp³-hybridized carbons (Fsp3) is 0. The van der Waals surface area contributed by atoms with Crippen molar-refractivity contribution >= 4 is 60.2 Å². The molecule has 11 aromatic rings. The summed E-state index contributed by atoms with van der Waals surface area (Å²) >= 11 is 0. The van der Waals surface area contributed by atoms with Gasteiger partial charge in [-0.3, -0.25) is 0 Å². The maximum absolute atomic E-state index is 2.46. The molecule has 0 aliphatic heterocycles. The van der Waals surface area contributed by atoms with E-state index in [9.17, 15) is 0 Å². The second-order valence-corrected chi connectivity index (χ2v) is 15.3. The van der Waals surface area contributed by atoms with Gasteiger partial charge in [0.15, 0.2) is 0 Å². The molecule has 276 valence electrons. The SMILES string of the molecule is c1cc(-c2ccc3ccccc3c2)cc(N(c2ccc(-c3cccc4ccccc34)cc2)c2cc(-c3cccc4ccccc34)ccc2-c2cccc3ccccc23)c1. The number of hydrogen-bond donors (Lipinski definition) is 0. The Kier molecular flexibility index (Phi) is 8.56. The van der Waals surface area contributed by atoms with Crippen LogP contribution in [0, 0.1) is 0 Å². The van der Waals surface area contributed by atoms with Gasteiger partial charge in [-0.1, -0.05) is 200 Å². The highest BCUT2D eigenvalue weighted by molar-refractivity contribution is 6.04. The molecule has 1 nitrogen and oxygen atoms in total. The van der Waals surface area contributed by atoms with Crippen molar-refractivity contribution in [1.29, 1.82) is 0 Å². The molecule has 0 saturated carbocycles. The molecule has 0 saturated heterocycles. The Morgan fingerprint density at radius 1 is 0.220 bits per heavy atom. The van der Waals surface area contributed by atoms with E-state index in [0.29, 0.717) is 0 Å². The van der Waals surface area contributed by atoms with Crippen molar-refractivity contribution < 1.29 is 0 Å². The zero-order valence-electron chi connectivity index (χ0n) is 32.5. The quantitative estimate of drug-likeness (QED) is 0.157. The van der Waals surface area contributed by atoms with Crippen LogP contribution in [0.1, 0.15) is 0 Å². The molecule has 0 aliphatic rings. The fourth-order valence-corrected chi connectivity index (χ4v) is 8.94. The number of hydrogen-bond acceptors (Lipinski definition) is 1. The Hall–Kier alpha value is -7.74. The van der Waals surface area contributed by atoms with Crippen molar-refractivity contribution in [1.82, 2.24) is 0 Å². The topological polar surface area (TPSA) is 3.24 Å². The van der Waals surface area contributed by atoms with E-state index in [2.05, 4.69) is 241 Å². The molecule has 0 bridgehead atoms. The van der Waals surface area contributed by atoms with E-state index in [1.54, 1.807) is 0 Å². The summed E-state index contributed by atoms with van der Waals surface area (Å²) in [5.74, 6) is 0. The first-order valence-corrected chi connectivity index (χ1v) is 20.3. The van der Waals surface area contributed by atoms with Crippen LogP contribution in [0.2, 0.25) is 0 Å². The van der Waals surface area contributed by atoms with E-state index in [0.717, 1.165) is 17.1 Å². The van der Waals surface area contributed by atoms with Gasteiger partial charge in [0.05, 0.1) is 5.69 Å². The van der Waals surface area contributed by atoms with Gasteiger partial charge in [-0.25, -0.2) is 0 Å². The molecule has 0 fully saturated rings. The molecule has 11 aromatic carbocycles. The summed E-state index contributed by atoms with van der Waals surface area (Å²) in [6.07, 6.45) is 0. The second kappa shape index (κ2) is 14.6. The smallest absolute Gasteiger partial charge is 0.0546 e. The third-order valence-electron chi connectivity index (χ3n) is 11.8. The van der Waals surface area contributed by atoms with Crippen molar-refractivity contribution in [3.8, 4) is 44.5 Å². The molecular formula is C58H39N. The fourth-order valence-electron chi connectivity index (χ4n) is 8.94. The van der Waals surface area contributed by atoms with Crippen molar-refractivity contribution in [3.05, 3.63) is 237 Å². The molecule has 59 heavy (non-hydrogen) atoms. The lowest BCUT2D eigenvalue weighted by Gasteiger charge is -2.29. The highest BCUT2D eigenvalue weighted by Crippen LogP contribution is 2.46. The second-order valence-electron chi connectivity index (χ2n) is 15.3. The van der Waals surface area contributed by atoms with Crippen LogP contribution < -0.4 is 4.90 Å². The third-order valence-corrected chi connectivity index (χ3v) is 11.8. The van der Waals surface area contributed by atoms with E-state index in [-0.39, 0.29) is 0 Å². The van der Waals surface area contributed by atoms with Crippen LogP contribution in [-0.4, -0.2) is 0 Å². The third kappa shape index (κ3) is 6.30. The first-order chi connectivity index (χ1) is 29.2. The molecule has 0 heterocycles. The highest BCUT2D eigenvalue weighted by atomic mass is 15.1. The highest BCUT2D eigenvalue weighted by Gasteiger charge is 2.21. The molecular weight excluding hydrogens is 711 g/mol. The van der Waals surface area contributed by atoms with Crippen molar-refractivity contribution in [2.75, 3.05) is 4.90 Å². The number of rotatable bonds is 7. The molecule has 0 atom stereocenters.